The average molecular weight is 732 g/mol. The normalized spacial score (nSPS) is 19.7. The summed E-state index contributed by atoms with van der Waals surface area (Å²) in [6.07, 6.45) is 5.71. The van der Waals surface area contributed by atoms with Gasteiger partial charge in [0, 0.05) is 70.0 Å². The van der Waals surface area contributed by atoms with Crippen molar-refractivity contribution < 1.29 is 24.0 Å². The van der Waals surface area contributed by atoms with Crippen LogP contribution in [0.25, 0.3) is 11.0 Å². The average Bonchev–Trinajstić information content (AvgIpc) is 3.44. The van der Waals surface area contributed by atoms with Crippen LogP contribution in [0.3, 0.4) is 0 Å². The number of carbonyl (C=O) groups is 5. The maximum Gasteiger partial charge on any atom is 0.270 e. The number of aromatic nitrogens is 3. The number of benzene rings is 1. The molecule has 4 aliphatic rings. The standard InChI is InChI=1S/C39H41N9O6/c1-2-24-19-29-30(43-35(24)50)18-23(20-40-29)22-45-14-16-46(17-15-45)26-6-7-28(41-21-26)36(51)42-25-10-12-47(13-11-25)31-5-3-4-27-34(31)39(54)48(38(27)53)32-8-9-33(49)44-37(32)52/h3-7,18-21,25,32H,2,8-17,22H2,1H3,(H,42,51)(H,43,50)(H,44,49,52). The van der Waals surface area contributed by atoms with E-state index >= 15 is 0 Å². The fourth-order valence-corrected chi connectivity index (χ4v) is 7.93. The number of amides is 5. The SMILES string of the molecule is CCc1cc2ncc(CN3CCN(c4ccc(C(=O)NC5CCN(c6cccc7c6C(=O)N(C6CCC(=O)NC6=O)C7=O)CC5)nc4)CC3)cc2[nH]c1=O. The Balaban J connectivity index is 0.826. The van der Waals surface area contributed by atoms with Crippen molar-refractivity contribution >= 4 is 51.9 Å². The molecule has 0 aliphatic carbocycles. The van der Waals surface area contributed by atoms with Crippen LogP contribution in [0.4, 0.5) is 11.4 Å². The van der Waals surface area contributed by atoms with Crippen molar-refractivity contribution in [2.45, 2.75) is 57.7 Å². The van der Waals surface area contributed by atoms with Crippen molar-refractivity contribution in [1.82, 2.24) is 35.4 Å². The minimum atomic E-state index is -1.02. The number of fused-ring (bicyclic) bond motifs is 2. The number of carbonyl (C=O) groups excluding carboxylic acids is 5. The summed E-state index contributed by atoms with van der Waals surface area (Å²) in [7, 11) is 0. The molecule has 278 valence electrons. The molecule has 0 saturated carbocycles. The van der Waals surface area contributed by atoms with E-state index in [-0.39, 0.29) is 41.5 Å². The first-order valence-electron chi connectivity index (χ1n) is 18.5. The smallest absolute Gasteiger partial charge is 0.270 e. The van der Waals surface area contributed by atoms with Crippen molar-refractivity contribution in [2.24, 2.45) is 0 Å². The molecule has 0 spiro atoms. The van der Waals surface area contributed by atoms with Gasteiger partial charge in [-0.25, -0.2) is 4.98 Å². The number of nitrogens with one attached hydrogen (secondary N) is 3. The van der Waals surface area contributed by atoms with Gasteiger partial charge in [0.25, 0.3) is 23.3 Å². The number of nitrogens with zero attached hydrogens (tertiary/aromatic N) is 6. The number of H-pyrrole nitrogens is 1. The molecule has 0 bridgehead atoms. The zero-order chi connectivity index (χ0) is 37.5. The summed E-state index contributed by atoms with van der Waals surface area (Å²) in [5.74, 6) is -2.37. The zero-order valence-electron chi connectivity index (χ0n) is 30.0. The Morgan fingerprint density at radius 1 is 0.870 bits per heavy atom. The maximum atomic E-state index is 13.6. The third-order valence-corrected chi connectivity index (χ3v) is 10.9. The Hall–Kier alpha value is -5.96. The van der Waals surface area contributed by atoms with E-state index in [4.69, 9.17) is 0 Å². The molecule has 3 saturated heterocycles. The minimum absolute atomic E-state index is 0.0611. The highest BCUT2D eigenvalue weighted by atomic mass is 16.2. The summed E-state index contributed by atoms with van der Waals surface area (Å²) in [5, 5.41) is 5.34. The fraction of sp³-hybridized carbons (Fsp3) is 0.385. The Labute approximate surface area is 310 Å². The summed E-state index contributed by atoms with van der Waals surface area (Å²) in [5.41, 5.74) is 5.70. The summed E-state index contributed by atoms with van der Waals surface area (Å²) in [6.45, 7) is 7.10. The maximum absolute atomic E-state index is 13.6. The number of anilines is 2. The van der Waals surface area contributed by atoms with E-state index in [1.165, 1.54) is 0 Å². The van der Waals surface area contributed by atoms with Crippen molar-refractivity contribution in [3.05, 3.63) is 93.2 Å². The molecular formula is C39H41N9O6. The van der Waals surface area contributed by atoms with Crippen LogP contribution in [0, 0.1) is 0 Å². The molecule has 5 amide bonds. The number of rotatable bonds is 8. The van der Waals surface area contributed by atoms with E-state index in [0.29, 0.717) is 43.7 Å². The van der Waals surface area contributed by atoms with E-state index in [9.17, 15) is 28.8 Å². The highest BCUT2D eigenvalue weighted by Crippen LogP contribution is 2.35. The second-order valence-electron chi connectivity index (χ2n) is 14.3. The molecule has 3 fully saturated rings. The van der Waals surface area contributed by atoms with Crippen LogP contribution in [0.15, 0.2) is 59.7 Å². The molecular weight excluding hydrogens is 690 g/mol. The predicted octanol–water partition coefficient (Wildman–Crippen LogP) is 2.00. The number of aromatic amines is 1. The highest BCUT2D eigenvalue weighted by molar-refractivity contribution is 6.25. The van der Waals surface area contributed by atoms with Gasteiger partial charge in [0.05, 0.1) is 39.7 Å². The van der Waals surface area contributed by atoms with Crippen LogP contribution in [0.5, 0.6) is 0 Å². The predicted molar refractivity (Wildman–Crippen MR) is 199 cm³/mol. The van der Waals surface area contributed by atoms with Gasteiger partial charge in [0.1, 0.15) is 11.7 Å². The topological polar surface area (TPSA) is 181 Å². The summed E-state index contributed by atoms with van der Waals surface area (Å²) >= 11 is 0. The number of hydrogen-bond donors (Lipinski definition) is 3. The number of piperazine rings is 1. The first-order valence-corrected chi connectivity index (χ1v) is 18.5. The van der Waals surface area contributed by atoms with Crippen molar-refractivity contribution in [2.75, 3.05) is 49.1 Å². The molecule has 7 heterocycles. The van der Waals surface area contributed by atoms with Crippen LogP contribution in [-0.2, 0) is 22.6 Å². The Morgan fingerprint density at radius 3 is 2.39 bits per heavy atom. The van der Waals surface area contributed by atoms with Crippen LogP contribution < -0.4 is 26.0 Å². The molecule has 3 aromatic heterocycles. The van der Waals surface area contributed by atoms with Gasteiger partial charge in [-0.1, -0.05) is 13.0 Å². The van der Waals surface area contributed by atoms with Gasteiger partial charge in [0.2, 0.25) is 11.8 Å². The summed E-state index contributed by atoms with van der Waals surface area (Å²) in [4.78, 5) is 96.1. The van der Waals surface area contributed by atoms with Crippen molar-refractivity contribution in [1.29, 1.82) is 0 Å². The Bertz CT molecular complexity index is 2220. The number of imide groups is 2. The van der Waals surface area contributed by atoms with Crippen LogP contribution >= 0.6 is 0 Å². The molecule has 3 N–H and O–H groups in total. The lowest BCUT2D eigenvalue weighted by Gasteiger charge is -2.36. The monoisotopic (exact) mass is 731 g/mol. The van der Waals surface area contributed by atoms with Gasteiger partial charge >= 0.3 is 0 Å². The molecule has 1 atom stereocenters. The van der Waals surface area contributed by atoms with Crippen LogP contribution in [-0.4, -0.2) is 106 Å². The van der Waals surface area contributed by atoms with E-state index in [1.807, 2.05) is 36.2 Å². The number of aryl methyl sites for hydroxylation is 1. The highest BCUT2D eigenvalue weighted by Gasteiger charge is 2.46. The number of hydrogen-bond acceptors (Lipinski definition) is 11. The van der Waals surface area contributed by atoms with Gasteiger partial charge in [-0.05, 0) is 67.6 Å². The third kappa shape index (κ3) is 6.70. The van der Waals surface area contributed by atoms with E-state index < -0.39 is 29.7 Å². The van der Waals surface area contributed by atoms with E-state index in [0.717, 1.165) is 65.5 Å². The first-order chi connectivity index (χ1) is 26.2. The Kier molecular flexibility index (Phi) is 9.40. The molecule has 4 aliphatic heterocycles. The molecule has 1 aromatic carbocycles. The molecule has 0 radical (unpaired) electrons. The van der Waals surface area contributed by atoms with Crippen LogP contribution in [0.2, 0.25) is 0 Å². The van der Waals surface area contributed by atoms with Gasteiger partial charge in [-0.3, -0.25) is 48.9 Å². The molecule has 1 unspecified atom stereocenters. The second kappa shape index (κ2) is 14.5. The lowest BCUT2D eigenvalue weighted by molar-refractivity contribution is -0.136. The molecule has 8 rings (SSSR count). The van der Waals surface area contributed by atoms with Gasteiger partial charge in [-0.2, -0.15) is 0 Å². The molecule has 15 nitrogen and oxygen atoms in total. The second-order valence-corrected chi connectivity index (χ2v) is 14.3. The first kappa shape index (κ1) is 35.1. The minimum Gasteiger partial charge on any atom is -0.371 e. The third-order valence-electron chi connectivity index (χ3n) is 10.9. The lowest BCUT2D eigenvalue weighted by Crippen LogP contribution is -2.54. The quantitative estimate of drug-likeness (QED) is 0.226. The van der Waals surface area contributed by atoms with E-state index in [1.54, 1.807) is 30.5 Å². The van der Waals surface area contributed by atoms with Crippen molar-refractivity contribution in [3.63, 3.8) is 0 Å². The molecule has 4 aromatic rings. The Morgan fingerprint density at radius 2 is 1.67 bits per heavy atom. The number of pyridine rings is 3. The largest absolute Gasteiger partial charge is 0.371 e. The van der Waals surface area contributed by atoms with Crippen molar-refractivity contribution in [3.8, 4) is 0 Å². The van der Waals surface area contributed by atoms with E-state index in [2.05, 4.69) is 35.4 Å². The van der Waals surface area contributed by atoms with Crippen LogP contribution in [0.1, 0.15) is 74.9 Å². The zero-order valence-corrected chi connectivity index (χ0v) is 30.0. The lowest BCUT2D eigenvalue weighted by atomic mass is 10.0. The summed E-state index contributed by atoms with van der Waals surface area (Å²) in [6, 6.07) is 11.6. The molecule has 54 heavy (non-hydrogen) atoms. The van der Waals surface area contributed by atoms with Gasteiger partial charge in [0.15, 0.2) is 0 Å². The summed E-state index contributed by atoms with van der Waals surface area (Å²) < 4.78 is 0. The van der Waals surface area contributed by atoms with Gasteiger partial charge < -0.3 is 20.1 Å². The number of piperidine rings is 2. The van der Waals surface area contributed by atoms with Gasteiger partial charge in [-0.15, -0.1) is 0 Å². The molecule has 15 heteroatoms. The fourth-order valence-electron chi connectivity index (χ4n) is 7.93.